The molecule has 0 saturated heterocycles. The highest BCUT2D eigenvalue weighted by atomic mass is 32.2. The van der Waals surface area contributed by atoms with E-state index in [0.29, 0.717) is 0 Å². The third-order valence-electron chi connectivity index (χ3n) is 0.674. The maximum Gasteiger partial charge on any atom is 0.476 e. The van der Waals surface area contributed by atoms with Gasteiger partial charge in [-0.3, -0.25) is 0 Å². The summed E-state index contributed by atoms with van der Waals surface area (Å²) in [6, 6.07) is 1.72. The van der Waals surface area contributed by atoms with Crippen LogP contribution in [0.3, 0.4) is 0 Å². The maximum atomic E-state index is 10.3. The van der Waals surface area contributed by atoms with Crippen molar-refractivity contribution in [1.82, 2.24) is 4.37 Å². The average Bonchev–Trinajstić information content (AvgIpc) is 2.12. The van der Waals surface area contributed by atoms with Crippen LogP contribution in [0.4, 0.5) is 4.79 Å². The summed E-state index contributed by atoms with van der Waals surface area (Å²) >= 11 is 0. The first-order valence-corrected chi connectivity index (χ1v) is 3.28. The molecule has 42 valence electrons. The van der Waals surface area contributed by atoms with Crippen molar-refractivity contribution in [3.05, 3.63) is 17.6 Å². The Morgan fingerprint density at radius 3 is 2.75 bits per heavy atom. The zero-order valence-electron chi connectivity index (χ0n) is 4.07. The standard InChI is InChI=1S/C4H4N2OS/c5-4(7)8-3-1-2-6-8/h1-3H,(H-,5,7)/p+1. The Morgan fingerprint density at radius 2 is 2.50 bits per heavy atom. The molecule has 1 rings (SSSR count). The molecule has 0 radical (unpaired) electrons. The molecule has 1 atom stereocenters. The van der Waals surface area contributed by atoms with E-state index >= 15 is 0 Å². The summed E-state index contributed by atoms with van der Waals surface area (Å²) in [4.78, 5) is 10.3. The lowest BCUT2D eigenvalue weighted by Crippen LogP contribution is -2.02. The molecule has 3 nitrogen and oxygen atoms in total. The lowest BCUT2D eigenvalue weighted by atomic mass is 10.8. The molecule has 0 spiro atoms. The summed E-state index contributed by atoms with van der Waals surface area (Å²) in [5, 5.41) is 1.32. The normalized spacial score (nSPS) is 11.2. The fourth-order valence-corrected chi connectivity index (χ4v) is 1.09. The fourth-order valence-electron chi connectivity index (χ4n) is 0.364. The number of nitrogens with two attached hydrogens (primary N) is 1. The van der Waals surface area contributed by atoms with Gasteiger partial charge in [0.15, 0.2) is 16.0 Å². The quantitative estimate of drug-likeness (QED) is 0.569. The van der Waals surface area contributed by atoms with Crippen molar-refractivity contribution in [3.8, 4) is 0 Å². The van der Waals surface area contributed by atoms with E-state index < -0.39 is 10.7 Å². The Morgan fingerprint density at radius 1 is 1.75 bits per heavy atom. The summed E-state index contributed by atoms with van der Waals surface area (Å²) in [6.07, 6.45) is 1.58. The van der Waals surface area contributed by atoms with E-state index in [9.17, 15) is 4.79 Å². The lowest BCUT2D eigenvalue weighted by Gasteiger charge is -1.67. The average molecular weight is 129 g/mol. The minimum Gasteiger partial charge on any atom is -0.318 e. The Kier molecular flexibility index (Phi) is 1.26. The van der Waals surface area contributed by atoms with Gasteiger partial charge in [0.05, 0.1) is 6.20 Å². The number of hydrogen-bond donors (Lipinski definition) is 1. The van der Waals surface area contributed by atoms with Crippen molar-refractivity contribution in [2.24, 2.45) is 5.73 Å². The molecule has 1 heterocycles. The van der Waals surface area contributed by atoms with Crippen LogP contribution in [0.1, 0.15) is 0 Å². The molecule has 0 fully saturated rings. The number of carbonyl (C=O) groups excluding carboxylic acids is 1. The molecular formula is C4H5N2OS+. The van der Waals surface area contributed by atoms with Crippen molar-refractivity contribution in [2.75, 3.05) is 0 Å². The van der Waals surface area contributed by atoms with Gasteiger partial charge in [-0.1, -0.05) is 0 Å². The molecule has 4 heteroatoms. The van der Waals surface area contributed by atoms with Crippen LogP contribution in [-0.2, 0) is 0 Å². The molecule has 0 bridgehead atoms. The molecule has 0 saturated carbocycles. The van der Waals surface area contributed by atoms with Crippen LogP contribution in [0.25, 0.3) is 0 Å². The van der Waals surface area contributed by atoms with Crippen LogP contribution in [0.15, 0.2) is 17.6 Å². The SMILES string of the molecule is NC(=O)[s+]1cccn1. The van der Waals surface area contributed by atoms with Gasteiger partial charge in [0.25, 0.3) is 0 Å². The molecule has 1 unspecified atom stereocenters. The van der Waals surface area contributed by atoms with Crippen LogP contribution in [-0.4, -0.2) is 9.61 Å². The van der Waals surface area contributed by atoms with Gasteiger partial charge < -0.3 is 5.73 Å². The molecule has 0 aromatic carbocycles. The molecule has 2 N–H and O–H groups in total. The van der Waals surface area contributed by atoms with Crippen LogP contribution in [0.2, 0.25) is 0 Å². The predicted molar refractivity (Wildman–Crippen MR) is 31.7 cm³/mol. The van der Waals surface area contributed by atoms with E-state index in [4.69, 9.17) is 5.73 Å². The molecule has 1 aromatic heterocycles. The Balaban J connectivity index is 2.93. The zero-order chi connectivity index (χ0) is 5.98. The second kappa shape index (κ2) is 1.92. The summed E-state index contributed by atoms with van der Waals surface area (Å²) in [5.41, 5.74) is 4.91. The summed E-state index contributed by atoms with van der Waals surface area (Å²) in [6.45, 7) is 0. The highest BCUT2D eigenvalue weighted by Gasteiger charge is 2.10. The van der Waals surface area contributed by atoms with Crippen molar-refractivity contribution >= 4 is 15.9 Å². The van der Waals surface area contributed by atoms with E-state index in [1.54, 1.807) is 17.6 Å². The van der Waals surface area contributed by atoms with Crippen LogP contribution < -0.4 is 5.73 Å². The minimum atomic E-state index is -0.651. The van der Waals surface area contributed by atoms with Gasteiger partial charge in [-0.2, -0.15) is 0 Å². The molecular weight excluding hydrogens is 124 g/mol. The molecule has 0 aliphatic rings. The van der Waals surface area contributed by atoms with Gasteiger partial charge in [-0.25, -0.2) is 4.79 Å². The first kappa shape index (κ1) is 5.24. The third-order valence-corrected chi connectivity index (χ3v) is 1.85. The molecule has 0 aliphatic carbocycles. The predicted octanol–water partition coefficient (Wildman–Crippen LogP) is 0.758. The van der Waals surface area contributed by atoms with Gasteiger partial charge in [0.2, 0.25) is 0 Å². The monoisotopic (exact) mass is 129 g/mol. The smallest absolute Gasteiger partial charge is 0.318 e. The molecule has 1 aromatic rings. The number of primary amides is 1. The van der Waals surface area contributed by atoms with Gasteiger partial charge in [0, 0.05) is 6.07 Å². The first-order chi connectivity index (χ1) is 3.80. The maximum absolute atomic E-state index is 10.3. The number of hydrogen-bond acceptors (Lipinski definition) is 2. The Labute approximate surface area is 49.3 Å². The van der Waals surface area contributed by atoms with E-state index in [1.165, 1.54) is 0 Å². The number of amides is 1. The number of nitrogens with zero attached hydrogens (tertiary/aromatic N) is 1. The third kappa shape index (κ3) is 0.840. The largest absolute Gasteiger partial charge is 0.476 e. The van der Waals surface area contributed by atoms with Gasteiger partial charge in [-0.15, -0.1) is 0 Å². The Hall–Kier alpha value is -0.900. The topological polar surface area (TPSA) is 56.0 Å². The van der Waals surface area contributed by atoms with E-state index in [2.05, 4.69) is 4.37 Å². The van der Waals surface area contributed by atoms with Crippen molar-refractivity contribution in [3.63, 3.8) is 0 Å². The van der Waals surface area contributed by atoms with Crippen molar-refractivity contribution in [2.45, 2.75) is 0 Å². The molecule has 1 amide bonds. The van der Waals surface area contributed by atoms with Crippen LogP contribution >= 0.6 is 10.7 Å². The highest BCUT2D eigenvalue weighted by Crippen LogP contribution is 2.08. The first-order valence-electron chi connectivity index (χ1n) is 2.04. The number of carbonyl (C=O) groups is 1. The summed E-state index contributed by atoms with van der Waals surface area (Å²) in [7, 11) is -0.651. The van der Waals surface area contributed by atoms with E-state index in [0.717, 1.165) is 0 Å². The zero-order valence-corrected chi connectivity index (χ0v) is 4.89. The van der Waals surface area contributed by atoms with Crippen molar-refractivity contribution in [1.29, 1.82) is 0 Å². The van der Waals surface area contributed by atoms with E-state index in [1.807, 2.05) is 0 Å². The molecule has 0 aliphatic heterocycles. The lowest BCUT2D eigenvalue weighted by molar-refractivity contribution is 0.266. The second-order valence-corrected chi connectivity index (χ2v) is 2.73. The van der Waals surface area contributed by atoms with Gasteiger partial charge >= 0.3 is 5.24 Å². The highest BCUT2D eigenvalue weighted by molar-refractivity contribution is 7.45. The fraction of sp³-hybridized carbons (Fsp3) is 0. The second-order valence-electron chi connectivity index (χ2n) is 1.22. The number of rotatable bonds is 1. The summed E-state index contributed by atoms with van der Waals surface area (Å²) in [5.74, 6) is 0. The van der Waals surface area contributed by atoms with Crippen molar-refractivity contribution < 1.29 is 4.79 Å². The van der Waals surface area contributed by atoms with E-state index in [-0.39, 0.29) is 5.24 Å². The van der Waals surface area contributed by atoms with Gasteiger partial charge in [-0.05, 0) is 4.37 Å². The van der Waals surface area contributed by atoms with Gasteiger partial charge in [0.1, 0.15) is 0 Å². The van der Waals surface area contributed by atoms with Crippen LogP contribution in [0.5, 0.6) is 0 Å². The summed E-state index contributed by atoms with van der Waals surface area (Å²) < 4.78 is 3.75. The minimum absolute atomic E-state index is 0.366. The van der Waals surface area contributed by atoms with Crippen LogP contribution in [0, 0.1) is 0 Å². The number of aromatic nitrogens is 1. The molecule has 8 heavy (non-hydrogen) atoms. The Bertz CT molecular complexity index is 182.